The molecule has 3 rings (SSSR count). The van der Waals surface area contributed by atoms with Crippen molar-refractivity contribution in [1.29, 1.82) is 0 Å². The Kier molecular flexibility index (Phi) is 5.58. The van der Waals surface area contributed by atoms with Crippen molar-refractivity contribution in [1.82, 2.24) is 14.9 Å². The van der Waals surface area contributed by atoms with Gasteiger partial charge in [0.1, 0.15) is 22.3 Å². The van der Waals surface area contributed by atoms with Crippen molar-refractivity contribution in [3.8, 4) is 23.0 Å². The molecule has 1 atom stereocenters. The summed E-state index contributed by atoms with van der Waals surface area (Å²) in [5, 5.41) is 3.08. The van der Waals surface area contributed by atoms with E-state index < -0.39 is 0 Å². The Bertz CT molecular complexity index is 861. The lowest BCUT2D eigenvalue weighted by atomic mass is 10.2. The third kappa shape index (κ3) is 3.73. The first-order chi connectivity index (χ1) is 12.5. The molecule has 2 aromatic heterocycles. The van der Waals surface area contributed by atoms with Crippen molar-refractivity contribution < 1.29 is 13.9 Å². The zero-order valence-corrected chi connectivity index (χ0v) is 16.5. The Labute approximate surface area is 157 Å². The summed E-state index contributed by atoms with van der Waals surface area (Å²) in [4.78, 5) is 11.3. The van der Waals surface area contributed by atoms with E-state index in [0.29, 0.717) is 18.2 Å². The largest absolute Gasteiger partial charge is 0.497 e. The van der Waals surface area contributed by atoms with Crippen LogP contribution in [0.2, 0.25) is 0 Å². The SMILES string of the molecule is COc1ccc(-c2nc(CN(C)[C@H](C)c3nccs3)c(C)o2)c(OC)c1. The van der Waals surface area contributed by atoms with Crippen molar-refractivity contribution in [2.24, 2.45) is 0 Å². The van der Waals surface area contributed by atoms with E-state index in [2.05, 4.69) is 23.9 Å². The monoisotopic (exact) mass is 373 g/mol. The van der Waals surface area contributed by atoms with E-state index in [-0.39, 0.29) is 6.04 Å². The van der Waals surface area contributed by atoms with Crippen LogP contribution in [-0.2, 0) is 6.54 Å². The van der Waals surface area contributed by atoms with Crippen molar-refractivity contribution in [2.45, 2.75) is 26.4 Å². The Morgan fingerprint density at radius 2 is 2.08 bits per heavy atom. The Morgan fingerprint density at radius 3 is 2.73 bits per heavy atom. The molecule has 0 saturated heterocycles. The zero-order chi connectivity index (χ0) is 18.7. The molecule has 0 unspecified atom stereocenters. The molecule has 0 N–H and O–H groups in total. The summed E-state index contributed by atoms with van der Waals surface area (Å²) in [7, 11) is 5.31. The maximum Gasteiger partial charge on any atom is 0.230 e. The number of rotatable bonds is 7. The molecule has 6 nitrogen and oxygen atoms in total. The smallest absolute Gasteiger partial charge is 0.230 e. The Hall–Kier alpha value is -2.38. The van der Waals surface area contributed by atoms with Gasteiger partial charge in [0.25, 0.3) is 0 Å². The van der Waals surface area contributed by atoms with Crippen LogP contribution in [0.25, 0.3) is 11.5 Å². The van der Waals surface area contributed by atoms with Gasteiger partial charge in [-0.2, -0.15) is 0 Å². The van der Waals surface area contributed by atoms with Crippen LogP contribution in [0, 0.1) is 6.92 Å². The molecular weight excluding hydrogens is 350 g/mol. The van der Waals surface area contributed by atoms with Gasteiger partial charge in [0.05, 0.1) is 31.5 Å². The van der Waals surface area contributed by atoms with Crippen molar-refractivity contribution in [3.63, 3.8) is 0 Å². The molecule has 0 aliphatic carbocycles. The van der Waals surface area contributed by atoms with Gasteiger partial charge in [-0.1, -0.05) is 0 Å². The average molecular weight is 373 g/mol. The number of oxazole rings is 1. The molecule has 1 aromatic carbocycles. The van der Waals surface area contributed by atoms with E-state index in [0.717, 1.165) is 27.8 Å². The molecule has 0 saturated carbocycles. The van der Waals surface area contributed by atoms with Crippen molar-refractivity contribution >= 4 is 11.3 Å². The molecule has 0 aliphatic heterocycles. The van der Waals surface area contributed by atoms with Gasteiger partial charge in [-0.15, -0.1) is 11.3 Å². The van der Waals surface area contributed by atoms with Gasteiger partial charge in [-0.05, 0) is 33.0 Å². The lowest BCUT2D eigenvalue weighted by Crippen LogP contribution is -2.22. The van der Waals surface area contributed by atoms with Crippen LogP contribution < -0.4 is 9.47 Å². The van der Waals surface area contributed by atoms with Gasteiger partial charge in [0.15, 0.2) is 0 Å². The van der Waals surface area contributed by atoms with Crippen LogP contribution in [0.15, 0.2) is 34.2 Å². The van der Waals surface area contributed by atoms with E-state index in [9.17, 15) is 0 Å². The Balaban J connectivity index is 1.83. The molecule has 3 aromatic rings. The number of nitrogens with zero attached hydrogens (tertiary/aromatic N) is 3. The highest BCUT2D eigenvalue weighted by Gasteiger charge is 2.20. The highest BCUT2D eigenvalue weighted by molar-refractivity contribution is 7.09. The third-order valence-electron chi connectivity index (χ3n) is 4.40. The third-order valence-corrected chi connectivity index (χ3v) is 5.35. The minimum atomic E-state index is 0.213. The second-order valence-electron chi connectivity index (χ2n) is 6.05. The first kappa shape index (κ1) is 18.4. The summed E-state index contributed by atoms with van der Waals surface area (Å²) in [5.41, 5.74) is 1.71. The fourth-order valence-electron chi connectivity index (χ4n) is 2.67. The van der Waals surface area contributed by atoms with Gasteiger partial charge >= 0.3 is 0 Å². The van der Waals surface area contributed by atoms with Crippen molar-refractivity contribution in [3.05, 3.63) is 46.2 Å². The topological polar surface area (TPSA) is 60.6 Å². The zero-order valence-electron chi connectivity index (χ0n) is 15.6. The van der Waals surface area contributed by atoms with Crippen LogP contribution in [0.1, 0.15) is 29.4 Å². The number of ether oxygens (including phenoxy) is 2. The van der Waals surface area contributed by atoms with Gasteiger partial charge in [-0.25, -0.2) is 9.97 Å². The van der Waals surface area contributed by atoms with Gasteiger partial charge in [-0.3, -0.25) is 4.90 Å². The minimum absolute atomic E-state index is 0.213. The molecule has 0 fully saturated rings. The van der Waals surface area contributed by atoms with Crippen LogP contribution in [0.5, 0.6) is 11.5 Å². The lowest BCUT2D eigenvalue weighted by molar-refractivity contribution is 0.248. The summed E-state index contributed by atoms with van der Waals surface area (Å²) in [6, 6.07) is 5.80. The number of methoxy groups -OCH3 is 2. The van der Waals surface area contributed by atoms with E-state index in [1.807, 2.05) is 36.7 Å². The standard InChI is InChI=1S/C19H23N3O3S/c1-12(19-20-8-9-26-19)22(3)11-16-13(2)25-18(21-16)15-7-6-14(23-4)10-17(15)24-5/h6-10,12H,11H2,1-5H3/t12-/m1/s1. The number of hydrogen-bond donors (Lipinski definition) is 0. The summed E-state index contributed by atoms with van der Waals surface area (Å²) in [6.07, 6.45) is 1.83. The number of benzene rings is 1. The second kappa shape index (κ2) is 7.88. The van der Waals surface area contributed by atoms with Crippen LogP contribution >= 0.6 is 11.3 Å². The molecule has 26 heavy (non-hydrogen) atoms. The quantitative estimate of drug-likeness (QED) is 0.615. The summed E-state index contributed by atoms with van der Waals surface area (Å²) < 4.78 is 16.6. The van der Waals surface area contributed by atoms with E-state index >= 15 is 0 Å². The summed E-state index contributed by atoms with van der Waals surface area (Å²) in [6.45, 7) is 4.75. The summed E-state index contributed by atoms with van der Waals surface area (Å²) in [5.74, 6) is 2.75. The predicted molar refractivity (Wildman–Crippen MR) is 102 cm³/mol. The van der Waals surface area contributed by atoms with Crippen LogP contribution in [-0.4, -0.2) is 36.1 Å². The number of thiazole rings is 1. The first-order valence-corrected chi connectivity index (χ1v) is 9.19. The van der Waals surface area contributed by atoms with Crippen LogP contribution in [0.4, 0.5) is 0 Å². The minimum Gasteiger partial charge on any atom is -0.497 e. The van der Waals surface area contributed by atoms with Gasteiger partial charge in [0, 0.05) is 24.2 Å². The molecule has 138 valence electrons. The molecule has 0 bridgehead atoms. The number of aromatic nitrogens is 2. The van der Waals surface area contributed by atoms with Crippen LogP contribution in [0.3, 0.4) is 0 Å². The Morgan fingerprint density at radius 1 is 1.27 bits per heavy atom. The molecule has 2 heterocycles. The van der Waals surface area contributed by atoms with E-state index in [4.69, 9.17) is 18.9 Å². The molecular formula is C19H23N3O3S. The molecule has 7 heteroatoms. The predicted octanol–water partition coefficient (Wildman–Crippen LogP) is 4.32. The molecule has 0 amide bonds. The first-order valence-electron chi connectivity index (χ1n) is 8.31. The van der Waals surface area contributed by atoms with E-state index in [1.165, 1.54) is 0 Å². The maximum atomic E-state index is 5.92. The second-order valence-corrected chi connectivity index (χ2v) is 6.98. The normalized spacial score (nSPS) is 12.4. The van der Waals surface area contributed by atoms with E-state index in [1.54, 1.807) is 25.6 Å². The fourth-order valence-corrected chi connectivity index (χ4v) is 3.43. The lowest BCUT2D eigenvalue weighted by Gasteiger charge is -2.21. The van der Waals surface area contributed by atoms with Crippen molar-refractivity contribution in [2.75, 3.05) is 21.3 Å². The average Bonchev–Trinajstić information content (AvgIpc) is 3.31. The summed E-state index contributed by atoms with van der Waals surface area (Å²) >= 11 is 1.66. The molecule has 0 radical (unpaired) electrons. The highest BCUT2D eigenvalue weighted by atomic mass is 32.1. The number of hydrogen-bond acceptors (Lipinski definition) is 7. The molecule has 0 aliphatic rings. The van der Waals surface area contributed by atoms with Gasteiger partial charge in [0.2, 0.25) is 5.89 Å². The number of aryl methyl sites for hydroxylation is 1. The highest BCUT2D eigenvalue weighted by Crippen LogP contribution is 2.34. The molecule has 0 spiro atoms. The maximum absolute atomic E-state index is 5.92. The van der Waals surface area contributed by atoms with Gasteiger partial charge < -0.3 is 13.9 Å². The fraction of sp³-hybridized carbons (Fsp3) is 0.368.